The highest BCUT2D eigenvalue weighted by Gasteiger charge is 2.31. The molecule has 2 aliphatic rings. The van der Waals surface area contributed by atoms with Crippen molar-refractivity contribution in [2.75, 3.05) is 39.5 Å². The summed E-state index contributed by atoms with van der Waals surface area (Å²) < 4.78 is 21.9. The first kappa shape index (κ1) is 16.0. The molecular formula is C16H25NO5. The molecule has 124 valence electrons. The predicted octanol–water partition coefficient (Wildman–Crippen LogP) is 1.24. The van der Waals surface area contributed by atoms with Crippen LogP contribution >= 0.6 is 0 Å². The van der Waals surface area contributed by atoms with Crippen LogP contribution in [0.2, 0.25) is 0 Å². The molecule has 0 radical (unpaired) electrons. The molecule has 2 unspecified atom stereocenters. The second kappa shape index (κ2) is 8.08. The monoisotopic (exact) mass is 311 g/mol. The third-order valence-corrected chi connectivity index (χ3v) is 4.18. The van der Waals surface area contributed by atoms with Crippen molar-refractivity contribution in [3.8, 4) is 0 Å². The number of β-amino-alcohol motifs (C(OH)–C–C–N with tert-alkyl or cyclic N) is 1. The number of furan rings is 1. The van der Waals surface area contributed by atoms with Crippen LogP contribution in [0.25, 0.3) is 0 Å². The lowest BCUT2D eigenvalue weighted by Gasteiger charge is -2.35. The van der Waals surface area contributed by atoms with E-state index in [1.807, 2.05) is 12.1 Å². The van der Waals surface area contributed by atoms with E-state index in [0.29, 0.717) is 38.9 Å². The van der Waals surface area contributed by atoms with Crippen LogP contribution in [0.3, 0.4) is 0 Å². The van der Waals surface area contributed by atoms with Crippen molar-refractivity contribution in [2.45, 2.75) is 31.8 Å². The molecule has 22 heavy (non-hydrogen) atoms. The van der Waals surface area contributed by atoms with Gasteiger partial charge < -0.3 is 28.6 Å². The zero-order chi connectivity index (χ0) is 15.2. The van der Waals surface area contributed by atoms with Gasteiger partial charge in [-0.05, 0) is 31.5 Å². The van der Waals surface area contributed by atoms with Crippen molar-refractivity contribution < 1.29 is 23.7 Å². The molecule has 0 bridgehead atoms. The quantitative estimate of drug-likeness (QED) is 0.817. The Bertz CT molecular complexity index is 418. The minimum absolute atomic E-state index is 0.0601. The number of piperidine rings is 1. The summed E-state index contributed by atoms with van der Waals surface area (Å²) in [7, 11) is 0. The molecular weight excluding hydrogens is 286 g/mol. The molecule has 0 aromatic carbocycles. The smallest absolute Gasteiger partial charge is 0.161 e. The fraction of sp³-hybridized carbons (Fsp3) is 0.750. The Morgan fingerprint density at radius 2 is 2.23 bits per heavy atom. The summed E-state index contributed by atoms with van der Waals surface area (Å²) in [5.74, 6) is 1.19. The van der Waals surface area contributed by atoms with E-state index >= 15 is 0 Å². The van der Waals surface area contributed by atoms with Crippen LogP contribution in [-0.4, -0.2) is 61.9 Å². The molecule has 0 amide bonds. The van der Waals surface area contributed by atoms with Gasteiger partial charge in [0.1, 0.15) is 12.4 Å². The van der Waals surface area contributed by atoms with Crippen LogP contribution in [-0.2, 0) is 20.8 Å². The molecule has 1 aromatic heterocycles. The second-order valence-electron chi connectivity index (χ2n) is 6.02. The number of aliphatic hydroxyl groups is 1. The summed E-state index contributed by atoms with van der Waals surface area (Å²) >= 11 is 0. The average molecular weight is 311 g/mol. The highest BCUT2D eigenvalue weighted by atomic mass is 16.7. The normalized spacial score (nSPS) is 25.6. The van der Waals surface area contributed by atoms with E-state index in [4.69, 9.17) is 18.6 Å². The average Bonchev–Trinajstić information content (AvgIpc) is 3.21. The van der Waals surface area contributed by atoms with Crippen molar-refractivity contribution in [3.05, 3.63) is 24.2 Å². The van der Waals surface area contributed by atoms with Crippen molar-refractivity contribution in [3.63, 3.8) is 0 Å². The van der Waals surface area contributed by atoms with Crippen molar-refractivity contribution >= 4 is 0 Å². The van der Waals surface area contributed by atoms with E-state index < -0.39 is 6.10 Å². The number of ether oxygens (including phenoxy) is 3. The van der Waals surface area contributed by atoms with Crippen LogP contribution in [0.4, 0.5) is 0 Å². The summed E-state index contributed by atoms with van der Waals surface area (Å²) in [4.78, 5) is 2.28. The fourth-order valence-electron chi connectivity index (χ4n) is 3.17. The van der Waals surface area contributed by atoms with Gasteiger partial charge in [-0.3, -0.25) is 0 Å². The first-order valence-corrected chi connectivity index (χ1v) is 8.05. The molecule has 2 fully saturated rings. The van der Waals surface area contributed by atoms with E-state index in [-0.39, 0.29) is 6.29 Å². The lowest BCUT2D eigenvalue weighted by Crippen LogP contribution is -2.44. The lowest BCUT2D eigenvalue weighted by molar-refractivity contribution is -0.104. The minimum Gasteiger partial charge on any atom is -0.467 e. The molecule has 0 aliphatic carbocycles. The summed E-state index contributed by atoms with van der Waals surface area (Å²) in [5, 5.41) is 10.1. The third kappa shape index (κ3) is 4.54. The Morgan fingerprint density at radius 3 is 3.00 bits per heavy atom. The first-order chi connectivity index (χ1) is 10.8. The zero-order valence-corrected chi connectivity index (χ0v) is 12.9. The Labute approximate surface area is 130 Å². The number of rotatable bonds is 7. The van der Waals surface area contributed by atoms with Gasteiger partial charge >= 0.3 is 0 Å². The molecule has 2 atom stereocenters. The molecule has 0 spiro atoms. The molecule has 6 nitrogen and oxygen atoms in total. The Balaban J connectivity index is 1.36. The largest absolute Gasteiger partial charge is 0.467 e. The molecule has 2 saturated heterocycles. The van der Waals surface area contributed by atoms with E-state index in [1.54, 1.807) is 6.26 Å². The highest BCUT2D eigenvalue weighted by Crippen LogP contribution is 2.24. The maximum absolute atomic E-state index is 10.1. The summed E-state index contributed by atoms with van der Waals surface area (Å²) in [6.45, 7) is 4.67. The Kier molecular flexibility index (Phi) is 5.86. The molecule has 1 N–H and O–H groups in total. The highest BCUT2D eigenvalue weighted by molar-refractivity contribution is 4.96. The Morgan fingerprint density at radius 1 is 1.36 bits per heavy atom. The molecule has 3 heterocycles. The summed E-state index contributed by atoms with van der Waals surface area (Å²) in [6, 6.07) is 3.69. The van der Waals surface area contributed by atoms with Crippen LogP contribution in [0.5, 0.6) is 0 Å². The number of nitrogens with zero attached hydrogens (tertiary/aromatic N) is 1. The summed E-state index contributed by atoms with van der Waals surface area (Å²) in [6.07, 6.45) is 3.32. The fourth-order valence-corrected chi connectivity index (χ4v) is 3.17. The van der Waals surface area contributed by atoms with Gasteiger partial charge in [-0.25, -0.2) is 0 Å². The van der Waals surface area contributed by atoms with Crippen LogP contribution in [0, 0.1) is 5.92 Å². The van der Waals surface area contributed by atoms with Gasteiger partial charge in [0.2, 0.25) is 0 Å². The van der Waals surface area contributed by atoms with Gasteiger partial charge in [-0.2, -0.15) is 0 Å². The number of likely N-dealkylation sites (tertiary alicyclic amines) is 1. The van der Waals surface area contributed by atoms with Gasteiger partial charge in [0, 0.05) is 19.0 Å². The molecule has 6 heteroatoms. The third-order valence-electron chi connectivity index (χ3n) is 4.18. The maximum atomic E-state index is 10.1. The number of hydrogen-bond acceptors (Lipinski definition) is 6. The van der Waals surface area contributed by atoms with Gasteiger partial charge in [0.15, 0.2) is 6.29 Å². The van der Waals surface area contributed by atoms with Gasteiger partial charge in [0.05, 0.1) is 32.2 Å². The van der Waals surface area contributed by atoms with Crippen molar-refractivity contribution in [1.29, 1.82) is 0 Å². The van der Waals surface area contributed by atoms with E-state index in [0.717, 1.165) is 31.7 Å². The van der Waals surface area contributed by atoms with Crippen LogP contribution in [0.1, 0.15) is 18.6 Å². The SMILES string of the molecule is OC(COCc1ccco1)CN1CCCC(C2OCCO2)C1. The Hall–Kier alpha value is -0.920. The van der Waals surface area contributed by atoms with Gasteiger partial charge in [-0.15, -0.1) is 0 Å². The lowest BCUT2D eigenvalue weighted by atomic mass is 9.97. The molecule has 1 aromatic rings. The van der Waals surface area contributed by atoms with Crippen LogP contribution < -0.4 is 0 Å². The van der Waals surface area contributed by atoms with Gasteiger partial charge in [0.25, 0.3) is 0 Å². The van der Waals surface area contributed by atoms with Crippen LogP contribution in [0.15, 0.2) is 22.8 Å². The zero-order valence-electron chi connectivity index (χ0n) is 12.9. The van der Waals surface area contributed by atoms with E-state index in [2.05, 4.69) is 4.90 Å². The maximum Gasteiger partial charge on any atom is 0.161 e. The van der Waals surface area contributed by atoms with Crippen molar-refractivity contribution in [2.24, 2.45) is 5.92 Å². The standard InChI is InChI=1S/C16H25NO5/c18-14(11-19-12-15-4-2-6-20-15)10-17-5-1-3-13(9-17)16-21-7-8-22-16/h2,4,6,13-14,16,18H,1,3,5,7-12H2. The number of aliphatic hydroxyl groups excluding tert-OH is 1. The van der Waals surface area contributed by atoms with Crippen molar-refractivity contribution in [1.82, 2.24) is 4.90 Å². The first-order valence-electron chi connectivity index (χ1n) is 8.05. The second-order valence-corrected chi connectivity index (χ2v) is 6.02. The van der Waals surface area contributed by atoms with E-state index in [1.165, 1.54) is 0 Å². The van der Waals surface area contributed by atoms with Gasteiger partial charge in [-0.1, -0.05) is 0 Å². The topological polar surface area (TPSA) is 64.3 Å². The predicted molar refractivity (Wildman–Crippen MR) is 79.2 cm³/mol. The molecule has 2 aliphatic heterocycles. The van der Waals surface area contributed by atoms with E-state index in [9.17, 15) is 5.11 Å². The molecule has 0 saturated carbocycles. The summed E-state index contributed by atoms with van der Waals surface area (Å²) in [5.41, 5.74) is 0. The minimum atomic E-state index is -0.487. The number of hydrogen-bond donors (Lipinski definition) is 1. The molecule has 3 rings (SSSR count).